The predicted octanol–water partition coefficient (Wildman–Crippen LogP) is 3.50. The quantitative estimate of drug-likeness (QED) is 0.397. The number of nitrogens with two attached hydrogens (primary N) is 1. The second kappa shape index (κ2) is 10.1. The first-order valence-corrected chi connectivity index (χ1v) is 9.68. The number of carboxylic acid groups (broad SMARTS) is 1. The molecule has 1 aliphatic rings. The van der Waals surface area contributed by atoms with E-state index < -0.39 is 66.5 Å². The molecule has 0 aromatic carbocycles. The van der Waals surface area contributed by atoms with Crippen molar-refractivity contribution in [2.75, 3.05) is 6.54 Å². The summed E-state index contributed by atoms with van der Waals surface area (Å²) in [7, 11) is 0. The summed E-state index contributed by atoms with van der Waals surface area (Å²) in [5.41, 5.74) is 5.62. The van der Waals surface area contributed by atoms with Crippen molar-refractivity contribution >= 4 is 11.9 Å². The van der Waals surface area contributed by atoms with Gasteiger partial charge in [-0.1, -0.05) is 13.8 Å². The molecule has 0 radical (unpaired) electrons. The Morgan fingerprint density at radius 2 is 1.61 bits per heavy atom. The van der Waals surface area contributed by atoms with Gasteiger partial charge in [0.2, 0.25) is 0 Å². The molecule has 1 unspecified atom stereocenters. The van der Waals surface area contributed by atoms with E-state index in [9.17, 15) is 54.2 Å². The largest absolute Gasteiger partial charge is 0.478 e. The van der Waals surface area contributed by atoms with Crippen molar-refractivity contribution in [3.8, 4) is 0 Å². The number of aliphatic carboxylic acids is 1. The summed E-state index contributed by atoms with van der Waals surface area (Å²) in [4.78, 5) is 22.9. The van der Waals surface area contributed by atoms with Crippen LogP contribution >= 0.6 is 0 Å². The van der Waals surface area contributed by atoms with Crippen molar-refractivity contribution in [1.29, 1.82) is 0 Å². The summed E-state index contributed by atoms with van der Waals surface area (Å²) < 4.78 is 123. The minimum atomic E-state index is -7.21. The van der Waals surface area contributed by atoms with Gasteiger partial charge >= 0.3 is 29.9 Å². The topological polar surface area (TPSA) is 102 Å². The second-order valence-electron chi connectivity index (χ2n) is 7.50. The fourth-order valence-corrected chi connectivity index (χ4v) is 3.15. The van der Waals surface area contributed by atoms with E-state index in [1.165, 1.54) is 5.32 Å². The van der Waals surface area contributed by atoms with Gasteiger partial charge in [0.1, 0.15) is 0 Å². The van der Waals surface area contributed by atoms with E-state index >= 15 is 0 Å². The van der Waals surface area contributed by atoms with Gasteiger partial charge in [-0.15, -0.1) is 0 Å². The van der Waals surface area contributed by atoms with Crippen LogP contribution in [0.5, 0.6) is 0 Å². The summed E-state index contributed by atoms with van der Waals surface area (Å²) in [6.07, 6.45) is -7.12. The van der Waals surface area contributed by atoms with Gasteiger partial charge in [0.25, 0.3) is 5.91 Å². The molecule has 6 nitrogen and oxygen atoms in total. The lowest BCUT2D eigenvalue weighted by molar-refractivity contribution is -0.388. The van der Waals surface area contributed by atoms with Crippen LogP contribution in [-0.4, -0.2) is 65.7 Å². The van der Waals surface area contributed by atoms with Gasteiger partial charge in [-0.25, -0.2) is 4.79 Å². The maximum Gasteiger partial charge on any atom is 0.460 e. The Morgan fingerprint density at radius 3 is 2.03 bits per heavy atom. The number of carbonyl (C=O) groups is 2. The number of alkyl halides is 9. The second-order valence-corrected chi connectivity index (χ2v) is 7.50. The lowest BCUT2D eigenvalue weighted by Crippen LogP contribution is -2.65. The molecule has 4 N–H and O–H groups in total. The highest BCUT2D eigenvalue weighted by molar-refractivity contribution is 5.87. The Labute approximate surface area is 182 Å². The van der Waals surface area contributed by atoms with Crippen molar-refractivity contribution in [2.24, 2.45) is 11.7 Å². The third-order valence-electron chi connectivity index (χ3n) is 5.26. The number of hydrogen-bond acceptors (Lipinski definition) is 4. The zero-order chi connectivity index (χ0) is 26.0. The van der Waals surface area contributed by atoms with E-state index in [0.717, 1.165) is 6.08 Å². The third kappa shape index (κ3) is 5.73. The minimum Gasteiger partial charge on any atom is -0.478 e. The molecule has 0 saturated carbocycles. The Balaban J connectivity index is 3.14. The highest BCUT2D eigenvalue weighted by atomic mass is 19.4. The van der Waals surface area contributed by atoms with Crippen LogP contribution in [0.2, 0.25) is 0 Å². The summed E-state index contributed by atoms with van der Waals surface area (Å²) in [5.74, 6) is -26.4. The molecule has 0 saturated heterocycles. The summed E-state index contributed by atoms with van der Waals surface area (Å²) in [6, 6.07) is -1.16. The zero-order valence-electron chi connectivity index (χ0n) is 17.4. The van der Waals surface area contributed by atoms with Crippen molar-refractivity contribution in [3.63, 3.8) is 0 Å². The maximum atomic E-state index is 13.8. The fourth-order valence-electron chi connectivity index (χ4n) is 3.15. The first-order chi connectivity index (χ1) is 14.8. The van der Waals surface area contributed by atoms with Gasteiger partial charge in [-0.3, -0.25) is 4.79 Å². The molecule has 0 aromatic rings. The van der Waals surface area contributed by atoms with Crippen LogP contribution in [-0.2, 0) is 14.3 Å². The highest BCUT2D eigenvalue weighted by Crippen LogP contribution is 2.53. The smallest absolute Gasteiger partial charge is 0.460 e. The third-order valence-corrected chi connectivity index (χ3v) is 5.26. The van der Waals surface area contributed by atoms with E-state index in [1.54, 1.807) is 13.8 Å². The van der Waals surface area contributed by atoms with Crippen LogP contribution < -0.4 is 11.1 Å². The average Bonchev–Trinajstić information content (AvgIpc) is 2.69. The number of halogens is 9. The molecule has 0 fully saturated rings. The Bertz CT molecular complexity index is 752. The van der Waals surface area contributed by atoms with Crippen LogP contribution in [0, 0.1) is 5.92 Å². The number of ether oxygens (including phenoxy) is 1. The molecular formula is C18H23F9N2O4. The number of amides is 1. The van der Waals surface area contributed by atoms with Gasteiger partial charge in [0.15, 0.2) is 0 Å². The molecular weight excluding hydrogens is 479 g/mol. The SMILES string of the molecule is CCC(CC)O[C@@H]1C=C(C(=O)O)C[C@H](N)C1CNC(=O)C(F)(F)C(F)(F)C(F)(F)C(F)(F)F. The maximum absolute atomic E-state index is 13.8. The van der Waals surface area contributed by atoms with Crippen LogP contribution in [0.25, 0.3) is 0 Å². The number of hydrogen-bond donors (Lipinski definition) is 3. The molecule has 15 heteroatoms. The molecule has 1 aliphatic carbocycles. The number of rotatable bonds is 10. The number of carboxylic acids is 1. The summed E-state index contributed by atoms with van der Waals surface area (Å²) in [5, 5.41) is 10.4. The Kier molecular flexibility index (Phi) is 8.85. The van der Waals surface area contributed by atoms with Crippen molar-refractivity contribution in [3.05, 3.63) is 11.6 Å². The molecule has 192 valence electrons. The Morgan fingerprint density at radius 1 is 1.09 bits per heavy atom. The lowest BCUT2D eigenvalue weighted by Gasteiger charge is -2.37. The monoisotopic (exact) mass is 502 g/mol. The molecule has 0 bridgehead atoms. The molecule has 3 atom stereocenters. The van der Waals surface area contributed by atoms with Crippen LogP contribution in [0.4, 0.5) is 39.5 Å². The van der Waals surface area contributed by atoms with Crippen molar-refractivity contribution < 1.29 is 58.9 Å². The predicted molar refractivity (Wildman–Crippen MR) is 94.9 cm³/mol. The molecule has 0 aliphatic heterocycles. The summed E-state index contributed by atoms with van der Waals surface area (Å²) >= 11 is 0. The van der Waals surface area contributed by atoms with E-state index in [0.29, 0.717) is 12.8 Å². The standard InChI is InChI=1S/C18H23F9N2O4/c1-3-9(4-2)33-12-6-8(13(30)31)5-11(28)10(12)7-29-14(32)15(19,20)16(21,22)17(23,24)18(25,26)27/h6,9-12H,3-5,7,28H2,1-2H3,(H,29,32)(H,30,31)/t10?,11-,12+/m0/s1. The Hall–Kier alpha value is -2.03. The van der Waals surface area contributed by atoms with Crippen LogP contribution in [0.15, 0.2) is 11.6 Å². The van der Waals surface area contributed by atoms with Crippen LogP contribution in [0.3, 0.4) is 0 Å². The average molecular weight is 502 g/mol. The van der Waals surface area contributed by atoms with Crippen LogP contribution in [0.1, 0.15) is 33.1 Å². The molecule has 1 amide bonds. The minimum absolute atomic E-state index is 0.206. The van der Waals surface area contributed by atoms with Crippen molar-refractivity contribution in [2.45, 2.75) is 75.3 Å². The molecule has 0 heterocycles. The summed E-state index contributed by atoms with van der Waals surface area (Å²) in [6.45, 7) is 2.43. The first-order valence-electron chi connectivity index (χ1n) is 9.68. The lowest BCUT2D eigenvalue weighted by atomic mass is 9.82. The normalized spacial score (nSPS) is 22.8. The van der Waals surface area contributed by atoms with E-state index in [1.807, 2.05) is 0 Å². The van der Waals surface area contributed by atoms with Gasteiger partial charge in [0.05, 0.1) is 12.2 Å². The number of carbonyl (C=O) groups excluding carboxylic acids is 1. The fraction of sp³-hybridized carbons (Fsp3) is 0.778. The van der Waals surface area contributed by atoms with Gasteiger partial charge < -0.3 is 20.9 Å². The van der Waals surface area contributed by atoms with Gasteiger partial charge in [-0.2, -0.15) is 39.5 Å². The van der Waals surface area contributed by atoms with Crippen molar-refractivity contribution in [1.82, 2.24) is 5.32 Å². The molecule has 0 spiro atoms. The van der Waals surface area contributed by atoms with E-state index in [4.69, 9.17) is 10.5 Å². The first kappa shape index (κ1) is 29.0. The van der Waals surface area contributed by atoms with E-state index in [-0.39, 0.29) is 12.0 Å². The van der Waals surface area contributed by atoms with E-state index in [2.05, 4.69) is 0 Å². The molecule has 1 rings (SSSR count). The highest BCUT2D eigenvalue weighted by Gasteiger charge is 2.83. The van der Waals surface area contributed by atoms with Gasteiger partial charge in [-0.05, 0) is 25.3 Å². The molecule has 0 aromatic heterocycles. The number of nitrogens with one attached hydrogen (secondary N) is 1. The van der Waals surface area contributed by atoms with Gasteiger partial charge in [0, 0.05) is 24.1 Å². The molecule has 33 heavy (non-hydrogen) atoms. The zero-order valence-corrected chi connectivity index (χ0v) is 17.4.